The molecule has 0 spiro atoms. The number of carboxylic acids is 1. The first-order valence-corrected chi connectivity index (χ1v) is 7.57. The lowest BCUT2D eigenvalue weighted by Gasteiger charge is -2.14. The molecule has 5 nitrogen and oxygen atoms in total. The van der Waals surface area contributed by atoms with Gasteiger partial charge in [-0.3, -0.25) is 4.79 Å². The van der Waals surface area contributed by atoms with Gasteiger partial charge in [0.15, 0.2) is 12.6 Å². The highest BCUT2D eigenvalue weighted by Crippen LogP contribution is 2.27. The van der Waals surface area contributed by atoms with E-state index in [4.69, 9.17) is 14.6 Å². The van der Waals surface area contributed by atoms with Crippen LogP contribution in [0, 0.1) is 0 Å². The van der Waals surface area contributed by atoms with Crippen molar-refractivity contribution in [3.63, 3.8) is 0 Å². The zero-order valence-corrected chi connectivity index (χ0v) is 13.9. The number of rotatable bonds is 7. The van der Waals surface area contributed by atoms with E-state index in [2.05, 4.69) is 0 Å². The van der Waals surface area contributed by atoms with Gasteiger partial charge in [0.05, 0.1) is 11.1 Å². The first-order chi connectivity index (χ1) is 11.4. The minimum Gasteiger partial charge on any atom is -0.478 e. The van der Waals surface area contributed by atoms with E-state index in [1.54, 1.807) is 6.07 Å². The summed E-state index contributed by atoms with van der Waals surface area (Å²) in [4.78, 5) is 23.7. The Morgan fingerprint density at radius 3 is 2.21 bits per heavy atom. The van der Waals surface area contributed by atoms with Gasteiger partial charge in [0.25, 0.3) is 0 Å². The number of hydrogen-bond acceptors (Lipinski definition) is 4. The lowest BCUT2D eigenvalue weighted by Crippen LogP contribution is -2.09. The second-order valence-electron chi connectivity index (χ2n) is 5.67. The van der Waals surface area contributed by atoms with Gasteiger partial charge in [-0.2, -0.15) is 0 Å². The van der Waals surface area contributed by atoms with E-state index in [0.29, 0.717) is 16.9 Å². The van der Waals surface area contributed by atoms with Crippen LogP contribution in [0.1, 0.15) is 51.6 Å². The highest BCUT2D eigenvalue weighted by Gasteiger charge is 2.17. The molecule has 2 aromatic rings. The standard InChI is InChI=1S/C19H20O5/c1-12(2)15-8-9-17(24-11-23-3)16(10-15)18(20)13-4-6-14(7-5-13)19(21)22/h4-10,12H,11H2,1-3H3,(H,21,22). The molecule has 0 saturated carbocycles. The van der Waals surface area contributed by atoms with E-state index < -0.39 is 5.97 Å². The normalized spacial score (nSPS) is 10.7. The smallest absolute Gasteiger partial charge is 0.335 e. The molecule has 0 aliphatic carbocycles. The van der Waals surface area contributed by atoms with Gasteiger partial charge in [0.2, 0.25) is 0 Å². The molecule has 126 valence electrons. The van der Waals surface area contributed by atoms with Crippen molar-refractivity contribution >= 4 is 11.8 Å². The van der Waals surface area contributed by atoms with Gasteiger partial charge in [0.1, 0.15) is 5.75 Å². The maximum absolute atomic E-state index is 12.8. The summed E-state index contributed by atoms with van der Waals surface area (Å²) in [5, 5.41) is 8.95. The van der Waals surface area contributed by atoms with Gasteiger partial charge in [-0.05, 0) is 35.7 Å². The van der Waals surface area contributed by atoms with Crippen molar-refractivity contribution in [2.24, 2.45) is 0 Å². The Balaban J connectivity index is 2.41. The molecular weight excluding hydrogens is 308 g/mol. The van der Waals surface area contributed by atoms with Crippen LogP contribution in [0.5, 0.6) is 5.75 Å². The second kappa shape index (κ2) is 7.75. The number of methoxy groups -OCH3 is 1. The molecule has 1 N–H and O–H groups in total. The molecule has 0 aliphatic rings. The van der Waals surface area contributed by atoms with Crippen LogP contribution < -0.4 is 4.74 Å². The Labute approximate surface area is 140 Å². The summed E-state index contributed by atoms with van der Waals surface area (Å²) in [6, 6.07) is 11.3. The van der Waals surface area contributed by atoms with Crippen molar-refractivity contribution in [1.29, 1.82) is 0 Å². The Kier molecular flexibility index (Phi) is 5.71. The molecular formula is C19H20O5. The maximum Gasteiger partial charge on any atom is 0.335 e. The lowest BCUT2D eigenvalue weighted by molar-refractivity contribution is 0.0503. The van der Waals surface area contributed by atoms with E-state index in [9.17, 15) is 9.59 Å². The number of hydrogen-bond donors (Lipinski definition) is 1. The molecule has 0 aromatic heterocycles. The Morgan fingerprint density at radius 2 is 1.67 bits per heavy atom. The van der Waals surface area contributed by atoms with Crippen molar-refractivity contribution in [1.82, 2.24) is 0 Å². The molecule has 0 aliphatic heterocycles. The van der Waals surface area contributed by atoms with Gasteiger partial charge >= 0.3 is 5.97 Å². The van der Waals surface area contributed by atoms with Gasteiger partial charge in [-0.15, -0.1) is 0 Å². The van der Waals surface area contributed by atoms with Crippen LogP contribution in [-0.2, 0) is 4.74 Å². The monoisotopic (exact) mass is 328 g/mol. The first-order valence-electron chi connectivity index (χ1n) is 7.57. The van der Waals surface area contributed by atoms with Gasteiger partial charge in [-0.25, -0.2) is 4.79 Å². The summed E-state index contributed by atoms with van der Waals surface area (Å²) < 4.78 is 10.4. The SMILES string of the molecule is COCOc1ccc(C(C)C)cc1C(=O)c1ccc(C(=O)O)cc1. The number of carbonyl (C=O) groups is 2. The van der Waals surface area contributed by atoms with E-state index in [-0.39, 0.29) is 24.1 Å². The second-order valence-corrected chi connectivity index (χ2v) is 5.67. The molecule has 0 unspecified atom stereocenters. The first kappa shape index (κ1) is 17.7. The predicted octanol–water partition coefficient (Wildman–Crippen LogP) is 3.72. The van der Waals surface area contributed by atoms with E-state index in [0.717, 1.165) is 5.56 Å². The van der Waals surface area contributed by atoms with Gasteiger partial charge in [0, 0.05) is 12.7 Å². The molecule has 24 heavy (non-hydrogen) atoms. The number of ketones is 1. The van der Waals surface area contributed by atoms with Crippen LogP contribution in [0.3, 0.4) is 0 Å². The summed E-state index contributed by atoms with van der Waals surface area (Å²) in [6.07, 6.45) is 0. The molecule has 2 aromatic carbocycles. The molecule has 2 rings (SSSR count). The highest BCUT2D eigenvalue weighted by atomic mass is 16.7. The summed E-state index contributed by atoms with van der Waals surface area (Å²) in [5.74, 6) is -0.545. The number of benzene rings is 2. The zero-order chi connectivity index (χ0) is 17.7. The summed E-state index contributed by atoms with van der Waals surface area (Å²) in [7, 11) is 1.51. The Morgan fingerprint density at radius 1 is 1.04 bits per heavy atom. The minimum absolute atomic E-state index is 0.0409. The number of aromatic carboxylic acids is 1. The van der Waals surface area contributed by atoms with E-state index in [1.165, 1.54) is 31.4 Å². The summed E-state index contributed by atoms with van der Waals surface area (Å²) >= 11 is 0. The number of carbonyl (C=O) groups excluding carboxylic acids is 1. The lowest BCUT2D eigenvalue weighted by atomic mass is 9.95. The van der Waals surface area contributed by atoms with Crippen molar-refractivity contribution in [3.8, 4) is 5.75 Å². The van der Waals surface area contributed by atoms with Crippen molar-refractivity contribution in [2.75, 3.05) is 13.9 Å². The quantitative estimate of drug-likeness (QED) is 0.619. The third-order valence-electron chi connectivity index (χ3n) is 3.64. The van der Waals surface area contributed by atoms with Crippen LogP contribution >= 0.6 is 0 Å². The topological polar surface area (TPSA) is 72.8 Å². The predicted molar refractivity (Wildman–Crippen MR) is 89.9 cm³/mol. The number of carboxylic acid groups (broad SMARTS) is 1. The summed E-state index contributed by atoms with van der Waals surface area (Å²) in [6.45, 7) is 4.13. The summed E-state index contributed by atoms with van der Waals surface area (Å²) in [5.41, 5.74) is 1.99. The molecule has 0 radical (unpaired) electrons. The average Bonchev–Trinajstić information content (AvgIpc) is 2.59. The zero-order valence-electron chi connectivity index (χ0n) is 13.9. The van der Waals surface area contributed by atoms with Gasteiger partial charge in [-0.1, -0.05) is 32.0 Å². The van der Waals surface area contributed by atoms with E-state index in [1.807, 2.05) is 26.0 Å². The minimum atomic E-state index is -1.03. The van der Waals surface area contributed by atoms with E-state index >= 15 is 0 Å². The fourth-order valence-corrected chi connectivity index (χ4v) is 2.25. The Bertz CT molecular complexity index is 732. The van der Waals surface area contributed by atoms with Crippen LogP contribution in [0.2, 0.25) is 0 Å². The van der Waals surface area contributed by atoms with Crippen molar-refractivity contribution in [2.45, 2.75) is 19.8 Å². The molecule has 5 heteroatoms. The van der Waals surface area contributed by atoms with Crippen LogP contribution in [0.15, 0.2) is 42.5 Å². The fourth-order valence-electron chi connectivity index (χ4n) is 2.25. The fraction of sp³-hybridized carbons (Fsp3) is 0.263. The largest absolute Gasteiger partial charge is 0.478 e. The highest BCUT2D eigenvalue weighted by molar-refractivity contribution is 6.11. The third kappa shape index (κ3) is 4.00. The van der Waals surface area contributed by atoms with Crippen LogP contribution in [0.25, 0.3) is 0 Å². The molecule has 0 saturated heterocycles. The molecule has 0 bridgehead atoms. The van der Waals surface area contributed by atoms with Crippen molar-refractivity contribution < 1.29 is 24.2 Å². The Hall–Kier alpha value is -2.66. The molecule has 0 atom stereocenters. The third-order valence-corrected chi connectivity index (χ3v) is 3.64. The molecule has 0 amide bonds. The number of ether oxygens (including phenoxy) is 2. The van der Waals surface area contributed by atoms with Crippen LogP contribution in [0.4, 0.5) is 0 Å². The van der Waals surface area contributed by atoms with Crippen LogP contribution in [-0.4, -0.2) is 30.8 Å². The molecule has 0 fully saturated rings. The maximum atomic E-state index is 12.8. The molecule has 0 heterocycles. The average molecular weight is 328 g/mol. The van der Waals surface area contributed by atoms with Gasteiger partial charge < -0.3 is 14.6 Å². The van der Waals surface area contributed by atoms with Crippen molar-refractivity contribution in [3.05, 3.63) is 64.7 Å².